The van der Waals surface area contributed by atoms with Gasteiger partial charge in [-0.15, -0.1) is 10.2 Å². The van der Waals surface area contributed by atoms with E-state index < -0.39 is 0 Å². The van der Waals surface area contributed by atoms with Crippen LogP contribution in [0.4, 0.5) is 68.2 Å². The van der Waals surface area contributed by atoms with Crippen LogP contribution in [0.25, 0.3) is 44.5 Å². The van der Waals surface area contributed by atoms with Gasteiger partial charge in [0.05, 0.1) is 11.4 Å². The Hall–Kier alpha value is -10.5. The lowest BCUT2D eigenvalue weighted by Crippen LogP contribution is -2.12. The average molecular weight is 991 g/mol. The second kappa shape index (κ2) is 20.8. The Balaban J connectivity index is 0.808. The molecule has 0 N–H and O–H groups in total. The maximum absolute atomic E-state index is 6.47. The number of rotatable bonds is 14. The maximum Gasteiger partial charge on any atom is 0.248 e. The molecule has 7 heteroatoms. The van der Waals surface area contributed by atoms with Crippen LogP contribution in [0, 0.1) is 0 Å². The zero-order valence-corrected chi connectivity index (χ0v) is 42.0. The number of anilines is 12. The van der Waals surface area contributed by atoms with Crippen LogP contribution in [-0.2, 0) is 0 Å². The van der Waals surface area contributed by atoms with Crippen molar-refractivity contribution in [2.75, 3.05) is 19.6 Å². The van der Waals surface area contributed by atoms with Crippen LogP contribution in [0.3, 0.4) is 0 Å². The number of hydrogen-bond donors (Lipinski definition) is 0. The topological polar surface area (TPSA) is 51.9 Å². The van der Waals surface area contributed by atoms with Crippen molar-refractivity contribution in [2.24, 2.45) is 0 Å². The summed E-state index contributed by atoms with van der Waals surface area (Å²) in [6, 6.07) is 106. The van der Waals surface area contributed by atoms with Crippen molar-refractivity contribution in [3.63, 3.8) is 0 Å². The molecule has 0 atom stereocenters. The molecule has 0 aliphatic rings. The number of hydrogen-bond acceptors (Lipinski definition) is 7. The monoisotopic (exact) mass is 990 g/mol. The van der Waals surface area contributed by atoms with Crippen LogP contribution >= 0.6 is 0 Å². The average Bonchev–Trinajstić information content (AvgIpc) is 4.02. The van der Waals surface area contributed by atoms with E-state index in [9.17, 15) is 0 Å². The summed E-state index contributed by atoms with van der Waals surface area (Å²) >= 11 is 0. The van der Waals surface area contributed by atoms with Crippen LogP contribution in [0.5, 0.6) is 0 Å². The van der Waals surface area contributed by atoms with Gasteiger partial charge < -0.3 is 24.0 Å². The molecule has 7 nitrogen and oxygen atoms in total. The highest BCUT2D eigenvalue weighted by molar-refractivity contribution is 6.00. The Morgan fingerprint density at radius 1 is 0.208 bits per heavy atom. The second-order valence-corrected chi connectivity index (χ2v) is 18.7. The Bertz CT molecular complexity index is 3720. The molecular weight excluding hydrogens is 941 g/mol. The van der Waals surface area contributed by atoms with Crippen molar-refractivity contribution in [3.8, 4) is 22.9 Å². The van der Waals surface area contributed by atoms with E-state index in [1.165, 1.54) is 10.8 Å². The van der Waals surface area contributed by atoms with Crippen LogP contribution in [0.2, 0.25) is 0 Å². The first kappa shape index (κ1) is 46.3. The van der Waals surface area contributed by atoms with E-state index in [1.807, 2.05) is 24.3 Å². The number of aromatic nitrogens is 2. The van der Waals surface area contributed by atoms with E-state index in [4.69, 9.17) is 4.42 Å². The molecular formula is C70H50N6O. The number of nitrogens with zero attached hydrogens (tertiary/aromatic N) is 6. The third kappa shape index (κ3) is 9.30. The van der Waals surface area contributed by atoms with Crippen LogP contribution in [0.1, 0.15) is 0 Å². The van der Waals surface area contributed by atoms with Crippen molar-refractivity contribution < 1.29 is 4.42 Å². The summed E-state index contributed by atoms with van der Waals surface area (Å²) in [5.74, 6) is 0.882. The van der Waals surface area contributed by atoms with Crippen molar-refractivity contribution >= 4 is 89.8 Å². The first-order valence-electron chi connectivity index (χ1n) is 25.8. The Morgan fingerprint density at radius 2 is 0.455 bits per heavy atom. The lowest BCUT2D eigenvalue weighted by Gasteiger charge is -2.29. The molecule has 13 rings (SSSR count). The highest BCUT2D eigenvalue weighted by Crippen LogP contribution is 2.44. The van der Waals surface area contributed by atoms with Gasteiger partial charge in [0.15, 0.2) is 0 Å². The zero-order valence-electron chi connectivity index (χ0n) is 42.0. The fourth-order valence-electron chi connectivity index (χ4n) is 10.3. The zero-order chi connectivity index (χ0) is 51.3. The number of para-hydroxylation sites is 4. The molecule has 77 heavy (non-hydrogen) atoms. The van der Waals surface area contributed by atoms with Gasteiger partial charge in [-0.1, -0.05) is 146 Å². The first-order valence-corrected chi connectivity index (χ1v) is 25.8. The summed E-state index contributed by atoms with van der Waals surface area (Å²) in [6.45, 7) is 0. The molecule has 0 saturated heterocycles. The van der Waals surface area contributed by atoms with Gasteiger partial charge in [-0.25, -0.2) is 0 Å². The van der Waals surface area contributed by atoms with Gasteiger partial charge in [-0.3, -0.25) is 0 Å². The summed E-state index contributed by atoms with van der Waals surface area (Å²) in [6.07, 6.45) is 0. The highest BCUT2D eigenvalue weighted by Gasteiger charge is 2.21. The molecule has 0 amide bonds. The van der Waals surface area contributed by atoms with Gasteiger partial charge in [0.1, 0.15) is 0 Å². The van der Waals surface area contributed by atoms with E-state index in [-0.39, 0.29) is 0 Å². The van der Waals surface area contributed by atoms with Crippen molar-refractivity contribution in [1.82, 2.24) is 10.2 Å². The third-order valence-electron chi connectivity index (χ3n) is 14.0. The summed E-state index contributed by atoms with van der Waals surface area (Å²) in [7, 11) is 0. The quantitative estimate of drug-likeness (QED) is 0.108. The van der Waals surface area contributed by atoms with Crippen molar-refractivity contribution in [2.45, 2.75) is 0 Å². The molecule has 366 valence electrons. The smallest absolute Gasteiger partial charge is 0.248 e. The first-order chi connectivity index (χ1) is 38.2. The lowest BCUT2D eigenvalue weighted by molar-refractivity contribution is 0.584. The molecule has 1 aromatic heterocycles. The summed E-state index contributed by atoms with van der Waals surface area (Å²) < 4.78 is 6.47. The van der Waals surface area contributed by atoms with Gasteiger partial charge in [0.25, 0.3) is 0 Å². The molecule has 0 saturated carbocycles. The summed E-state index contributed by atoms with van der Waals surface area (Å²) in [5, 5.41) is 13.8. The molecule has 0 aliphatic carbocycles. The fourth-order valence-corrected chi connectivity index (χ4v) is 10.3. The highest BCUT2D eigenvalue weighted by atomic mass is 16.4. The van der Waals surface area contributed by atoms with E-state index in [0.29, 0.717) is 11.8 Å². The fraction of sp³-hybridized carbons (Fsp3) is 0. The maximum atomic E-state index is 6.47. The molecule has 1 heterocycles. The minimum atomic E-state index is 0.441. The SMILES string of the molecule is c1ccc(N(c2ccccc2)c2ccc(N(c3ccc(-c4nnc(-c5ccc(N(c6ccc(N(c7ccccc7)c7ccccc7)cc6)c6cccc7ccccc67)cc5)o4)cc3)c3cccc4ccccc34)cc2)cc1. The van der Waals surface area contributed by atoms with Crippen molar-refractivity contribution in [3.05, 3.63) is 303 Å². The van der Waals surface area contributed by atoms with Crippen LogP contribution < -0.4 is 19.6 Å². The molecule has 0 aliphatic heterocycles. The van der Waals surface area contributed by atoms with Gasteiger partial charge >= 0.3 is 0 Å². The number of fused-ring (bicyclic) bond motifs is 2. The van der Waals surface area contributed by atoms with Gasteiger partial charge in [-0.05, 0) is 168 Å². The molecule has 0 fully saturated rings. The lowest BCUT2D eigenvalue weighted by atomic mass is 10.1. The Kier molecular flexibility index (Phi) is 12.5. The van der Waals surface area contributed by atoms with Gasteiger partial charge in [0, 0.05) is 78.8 Å². The van der Waals surface area contributed by atoms with E-state index in [0.717, 1.165) is 90.1 Å². The normalized spacial score (nSPS) is 11.1. The van der Waals surface area contributed by atoms with E-state index in [2.05, 4.69) is 309 Å². The standard InChI is InChI=1S/C70H50N6O/c1-5-23-55(24-6-1)73(56-25-7-2-8-26-56)59-43-47-63(48-44-59)75(67-33-17-21-51-19-13-15-31-65(51)67)61-39-35-53(36-40-61)69-71-72-70(77-69)54-37-41-62(42-38-54)76(68-34-18-22-52-20-14-16-32-66(52)68)64-49-45-60(46-50-64)74(57-27-9-3-10-28-57)58-29-11-4-12-30-58/h1-50H. The predicted molar refractivity (Wildman–Crippen MR) is 319 cm³/mol. The summed E-state index contributed by atoms with van der Waals surface area (Å²) in [5.41, 5.74) is 14.3. The van der Waals surface area contributed by atoms with E-state index >= 15 is 0 Å². The molecule has 0 spiro atoms. The Labute approximate surface area is 448 Å². The van der Waals surface area contributed by atoms with Crippen molar-refractivity contribution in [1.29, 1.82) is 0 Å². The van der Waals surface area contributed by atoms with Gasteiger partial charge in [0.2, 0.25) is 11.8 Å². The molecule has 0 unspecified atom stereocenters. The molecule has 0 radical (unpaired) electrons. The Morgan fingerprint density at radius 3 is 0.779 bits per heavy atom. The molecule has 13 aromatic rings. The minimum absolute atomic E-state index is 0.441. The minimum Gasteiger partial charge on any atom is -0.416 e. The van der Waals surface area contributed by atoms with Crippen LogP contribution in [0.15, 0.2) is 308 Å². The number of benzene rings is 12. The molecule has 0 bridgehead atoms. The molecule has 12 aromatic carbocycles. The largest absolute Gasteiger partial charge is 0.416 e. The summed E-state index contributed by atoms with van der Waals surface area (Å²) in [4.78, 5) is 9.18. The van der Waals surface area contributed by atoms with Crippen LogP contribution in [-0.4, -0.2) is 10.2 Å². The van der Waals surface area contributed by atoms with E-state index in [1.54, 1.807) is 0 Å². The third-order valence-corrected chi connectivity index (χ3v) is 14.0. The predicted octanol–water partition coefficient (Wildman–Crippen LogP) is 19.6. The second-order valence-electron chi connectivity index (χ2n) is 18.7. The van der Waals surface area contributed by atoms with Gasteiger partial charge in [-0.2, -0.15) is 0 Å².